The quantitative estimate of drug-likeness (QED) is 0.520. The van der Waals surface area contributed by atoms with Crippen LogP contribution in [0.25, 0.3) is 11.3 Å². The lowest BCUT2D eigenvalue weighted by molar-refractivity contribution is -0.146. The molecule has 34 heavy (non-hydrogen) atoms. The largest absolute Gasteiger partial charge is 0.460 e. The van der Waals surface area contributed by atoms with Crippen LogP contribution < -0.4 is 15.8 Å². The molecule has 7 nitrogen and oxygen atoms in total. The third-order valence-corrected chi connectivity index (χ3v) is 6.49. The fourth-order valence-corrected chi connectivity index (χ4v) is 4.79. The molecule has 0 aliphatic heterocycles. The van der Waals surface area contributed by atoms with E-state index in [-0.39, 0.29) is 23.7 Å². The van der Waals surface area contributed by atoms with Gasteiger partial charge in [0.25, 0.3) is 5.56 Å². The molecule has 4 rings (SSSR count). The second-order valence-corrected chi connectivity index (χ2v) is 9.08. The normalized spacial score (nSPS) is 16.8. The van der Waals surface area contributed by atoms with Gasteiger partial charge in [0.15, 0.2) is 0 Å². The first kappa shape index (κ1) is 23.8. The summed E-state index contributed by atoms with van der Waals surface area (Å²) < 4.78 is 7.30. The van der Waals surface area contributed by atoms with E-state index in [0.29, 0.717) is 40.8 Å². The molecule has 0 saturated carbocycles. The third-order valence-electron chi connectivity index (χ3n) is 6.17. The lowest BCUT2D eigenvalue weighted by Gasteiger charge is -2.25. The van der Waals surface area contributed by atoms with Crippen LogP contribution in [0, 0.1) is 6.92 Å². The zero-order chi connectivity index (χ0) is 24.6. The number of hydrogen-bond acceptors (Lipinski definition) is 6. The van der Waals surface area contributed by atoms with Gasteiger partial charge in [-0.05, 0) is 43.2 Å². The van der Waals surface area contributed by atoms with Crippen LogP contribution in [-0.4, -0.2) is 35.7 Å². The number of fused-ring (bicyclic) bond motifs is 1. The predicted octanol–water partition coefficient (Wildman–Crippen LogP) is 4.60. The Bertz CT molecular complexity index is 1300. The number of anilines is 2. The van der Waals surface area contributed by atoms with Gasteiger partial charge in [0.05, 0.1) is 16.8 Å². The summed E-state index contributed by atoms with van der Waals surface area (Å²) in [4.78, 5) is 31.9. The molecule has 8 heteroatoms. The van der Waals surface area contributed by atoms with Crippen LogP contribution in [0.3, 0.4) is 0 Å². The van der Waals surface area contributed by atoms with Crippen molar-refractivity contribution >= 4 is 29.1 Å². The van der Waals surface area contributed by atoms with Gasteiger partial charge >= 0.3 is 5.97 Å². The van der Waals surface area contributed by atoms with Crippen molar-refractivity contribution < 1.29 is 9.53 Å². The molecule has 0 bridgehead atoms. The van der Waals surface area contributed by atoms with Crippen LogP contribution in [0.2, 0.25) is 5.02 Å². The summed E-state index contributed by atoms with van der Waals surface area (Å²) in [5.74, 6) is 0.273. The van der Waals surface area contributed by atoms with E-state index < -0.39 is 0 Å². The zero-order valence-corrected chi connectivity index (χ0v) is 20.8. The maximum atomic E-state index is 13.5. The molecule has 0 spiro atoms. The number of halogens is 1. The standard InChI is InChI=1S/C26H29ClN4O3/c1-6-31-25(29-23-19-10-8-7-9-17(19)13-22(23)34-16(3)32)15(2)28-24(26(31)33)20-12-11-18(30(4)5)14-21(20)27/h7-12,14,22-23,29H,6,13H2,1-5H3. The Morgan fingerprint density at radius 1 is 1.26 bits per heavy atom. The number of aryl methyl sites for hydroxylation is 1. The molecule has 1 aromatic heterocycles. The van der Waals surface area contributed by atoms with Crippen molar-refractivity contribution in [1.82, 2.24) is 9.55 Å². The highest BCUT2D eigenvalue weighted by molar-refractivity contribution is 6.33. The Labute approximate surface area is 204 Å². The lowest BCUT2D eigenvalue weighted by Crippen LogP contribution is -2.32. The highest BCUT2D eigenvalue weighted by Gasteiger charge is 2.35. The van der Waals surface area contributed by atoms with Crippen LogP contribution >= 0.6 is 11.6 Å². The van der Waals surface area contributed by atoms with Crippen LogP contribution in [0.15, 0.2) is 47.3 Å². The molecular weight excluding hydrogens is 452 g/mol. The maximum absolute atomic E-state index is 13.5. The monoisotopic (exact) mass is 480 g/mol. The van der Waals surface area contributed by atoms with Gasteiger partial charge in [-0.25, -0.2) is 4.98 Å². The van der Waals surface area contributed by atoms with Gasteiger partial charge < -0.3 is 15.0 Å². The third kappa shape index (κ3) is 4.40. The molecule has 1 heterocycles. The van der Waals surface area contributed by atoms with Crippen molar-refractivity contribution in [3.8, 4) is 11.3 Å². The fraction of sp³-hybridized carbons (Fsp3) is 0.346. The van der Waals surface area contributed by atoms with Crippen LogP contribution in [0.5, 0.6) is 0 Å². The highest BCUT2D eigenvalue weighted by atomic mass is 35.5. The van der Waals surface area contributed by atoms with Crippen molar-refractivity contribution in [3.63, 3.8) is 0 Å². The SMILES string of the molecule is CCn1c(NC2c3ccccc3CC2OC(C)=O)c(C)nc(-c2ccc(N(C)C)cc2Cl)c1=O. The van der Waals surface area contributed by atoms with Gasteiger partial charge in [0.2, 0.25) is 0 Å². The summed E-state index contributed by atoms with van der Waals surface area (Å²) in [6.07, 6.45) is 0.240. The second kappa shape index (κ2) is 9.50. The number of carbonyl (C=O) groups is 1. The van der Waals surface area contributed by atoms with Crippen molar-refractivity contribution in [1.29, 1.82) is 0 Å². The summed E-state index contributed by atoms with van der Waals surface area (Å²) in [6, 6.07) is 13.3. The molecule has 1 aliphatic rings. The van der Waals surface area contributed by atoms with E-state index >= 15 is 0 Å². The molecule has 0 saturated heterocycles. The van der Waals surface area contributed by atoms with E-state index in [4.69, 9.17) is 16.3 Å². The van der Waals surface area contributed by atoms with E-state index in [2.05, 4.69) is 10.3 Å². The summed E-state index contributed by atoms with van der Waals surface area (Å²) >= 11 is 6.55. The number of aromatic nitrogens is 2. The topological polar surface area (TPSA) is 76.5 Å². The maximum Gasteiger partial charge on any atom is 0.302 e. The molecule has 1 aliphatic carbocycles. The molecule has 2 aromatic carbocycles. The Balaban J connectivity index is 1.78. The van der Waals surface area contributed by atoms with Crippen LogP contribution in [0.4, 0.5) is 11.5 Å². The minimum Gasteiger partial charge on any atom is -0.460 e. The first-order chi connectivity index (χ1) is 16.2. The number of benzene rings is 2. The Morgan fingerprint density at radius 2 is 2.00 bits per heavy atom. The molecule has 0 radical (unpaired) electrons. The first-order valence-corrected chi connectivity index (χ1v) is 11.7. The van der Waals surface area contributed by atoms with Crippen molar-refractivity contribution in [2.45, 2.75) is 45.9 Å². The van der Waals surface area contributed by atoms with Crippen LogP contribution in [0.1, 0.15) is 36.7 Å². The van der Waals surface area contributed by atoms with Gasteiger partial charge in [-0.3, -0.25) is 14.2 Å². The molecule has 2 atom stereocenters. The van der Waals surface area contributed by atoms with E-state index in [1.54, 1.807) is 4.57 Å². The number of ether oxygens (including phenoxy) is 1. The zero-order valence-electron chi connectivity index (χ0n) is 20.1. The molecule has 3 aromatic rings. The number of esters is 1. The summed E-state index contributed by atoms with van der Waals surface area (Å²) in [7, 11) is 3.87. The minimum atomic E-state index is -0.373. The van der Waals surface area contributed by atoms with E-state index in [9.17, 15) is 9.59 Å². The number of rotatable bonds is 6. The first-order valence-electron chi connectivity index (χ1n) is 11.3. The number of carbonyl (C=O) groups excluding carboxylic acids is 1. The van der Waals surface area contributed by atoms with Crippen molar-refractivity contribution in [2.24, 2.45) is 0 Å². The van der Waals surface area contributed by atoms with E-state index in [1.807, 2.05) is 75.3 Å². The predicted molar refractivity (Wildman–Crippen MR) is 136 cm³/mol. The average molecular weight is 481 g/mol. The van der Waals surface area contributed by atoms with Gasteiger partial charge in [-0.1, -0.05) is 35.9 Å². The summed E-state index contributed by atoms with van der Waals surface area (Å²) in [6.45, 7) is 5.63. The highest BCUT2D eigenvalue weighted by Crippen LogP contribution is 2.37. The second-order valence-electron chi connectivity index (χ2n) is 8.68. The smallest absolute Gasteiger partial charge is 0.302 e. The molecule has 2 unspecified atom stereocenters. The van der Waals surface area contributed by atoms with Gasteiger partial charge in [-0.2, -0.15) is 0 Å². The Kier molecular flexibility index (Phi) is 6.66. The van der Waals surface area contributed by atoms with Crippen LogP contribution in [-0.2, 0) is 22.5 Å². The van der Waals surface area contributed by atoms with Gasteiger partial charge in [0.1, 0.15) is 17.6 Å². The van der Waals surface area contributed by atoms with E-state index in [0.717, 1.165) is 16.8 Å². The number of nitrogens with zero attached hydrogens (tertiary/aromatic N) is 3. The average Bonchev–Trinajstić information content (AvgIpc) is 3.12. The summed E-state index contributed by atoms with van der Waals surface area (Å²) in [5, 5.41) is 3.95. The molecule has 1 N–H and O–H groups in total. The molecule has 0 amide bonds. The Hall–Kier alpha value is -3.32. The minimum absolute atomic E-state index is 0.231. The molecular formula is C26H29ClN4O3. The summed E-state index contributed by atoms with van der Waals surface area (Å²) in [5.41, 5.74) is 4.44. The lowest BCUT2D eigenvalue weighted by atomic mass is 10.1. The Morgan fingerprint density at radius 3 is 2.65 bits per heavy atom. The van der Waals surface area contributed by atoms with E-state index in [1.165, 1.54) is 6.92 Å². The van der Waals surface area contributed by atoms with Gasteiger partial charge in [0, 0.05) is 45.2 Å². The van der Waals surface area contributed by atoms with Crippen molar-refractivity contribution in [3.05, 3.63) is 74.7 Å². The van der Waals surface area contributed by atoms with Crippen molar-refractivity contribution in [2.75, 3.05) is 24.3 Å². The number of nitrogens with one attached hydrogen (secondary N) is 1. The molecule has 0 fully saturated rings. The number of hydrogen-bond donors (Lipinski definition) is 1. The molecule has 178 valence electrons. The van der Waals surface area contributed by atoms with Gasteiger partial charge in [-0.15, -0.1) is 0 Å². The fourth-order valence-electron chi connectivity index (χ4n) is 4.53.